The van der Waals surface area contributed by atoms with Crippen LogP contribution < -0.4 is 5.32 Å². The van der Waals surface area contributed by atoms with Crippen molar-refractivity contribution in [2.24, 2.45) is 0 Å². The van der Waals surface area contributed by atoms with E-state index in [0.717, 1.165) is 43.0 Å². The molecule has 138 valence electrons. The van der Waals surface area contributed by atoms with E-state index in [1.54, 1.807) is 12.1 Å². The minimum Gasteiger partial charge on any atom is -0.394 e. The third-order valence-corrected chi connectivity index (χ3v) is 4.49. The highest BCUT2D eigenvalue weighted by molar-refractivity contribution is 5.97. The number of benzene rings is 1. The van der Waals surface area contributed by atoms with Crippen LogP contribution in [0.15, 0.2) is 66.2 Å². The van der Waals surface area contributed by atoms with Crippen LogP contribution in [0.4, 0.5) is 4.39 Å². The van der Waals surface area contributed by atoms with Gasteiger partial charge in [-0.15, -0.1) is 5.73 Å². The first-order valence-corrected chi connectivity index (χ1v) is 8.66. The van der Waals surface area contributed by atoms with Gasteiger partial charge in [-0.25, -0.2) is 4.39 Å². The number of Topliss-reactive ketones (excluding diaryl/α,β-unsaturated/α-hetero) is 1. The number of hydrogen-bond acceptors (Lipinski definition) is 4. The molecular formula is C21H26FN3O. The van der Waals surface area contributed by atoms with Gasteiger partial charge in [-0.1, -0.05) is 25.3 Å². The SMILES string of the molecule is C=C=C(C(=C)/C(C)=C\NC)N1CCN(CC(=O)c2cccc(F)c2)CC1. The van der Waals surface area contributed by atoms with Gasteiger partial charge in [-0.05, 0) is 30.8 Å². The van der Waals surface area contributed by atoms with Gasteiger partial charge in [0.2, 0.25) is 0 Å². The Labute approximate surface area is 155 Å². The number of piperazine rings is 1. The largest absolute Gasteiger partial charge is 0.394 e. The zero-order chi connectivity index (χ0) is 19.1. The number of hydrogen-bond donors (Lipinski definition) is 1. The molecule has 26 heavy (non-hydrogen) atoms. The van der Waals surface area contributed by atoms with Crippen molar-refractivity contribution in [3.8, 4) is 0 Å². The lowest BCUT2D eigenvalue weighted by atomic mass is 10.1. The maximum atomic E-state index is 13.3. The van der Waals surface area contributed by atoms with Crippen molar-refractivity contribution in [3.05, 3.63) is 77.6 Å². The quantitative estimate of drug-likeness (QED) is 0.463. The van der Waals surface area contributed by atoms with E-state index in [1.807, 2.05) is 20.2 Å². The van der Waals surface area contributed by atoms with E-state index in [-0.39, 0.29) is 11.6 Å². The Morgan fingerprint density at radius 3 is 2.62 bits per heavy atom. The summed E-state index contributed by atoms with van der Waals surface area (Å²) in [5.74, 6) is -0.445. The van der Waals surface area contributed by atoms with Gasteiger partial charge in [0.15, 0.2) is 5.78 Å². The number of nitrogens with one attached hydrogen (secondary N) is 1. The number of allylic oxidation sites excluding steroid dienone is 1. The molecule has 1 aromatic carbocycles. The van der Waals surface area contributed by atoms with Crippen molar-refractivity contribution in [3.63, 3.8) is 0 Å². The van der Waals surface area contributed by atoms with Crippen LogP contribution in [-0.2, 0) is 0 Å². The molecule has 0 unspecified atom stereocenters. The fourth-order valence-electron chi connectivity index (χ4n) is 2.99. The Hall–Kier alpha value is -2.62. The van der Waals surface area contributed by atoms with Crippen LogP contribution in [0.3, 0.4) is 0 Å². The second kappa shape index (κ2) is 9.18. The first-order valence-electron chi connectivity index (χ1n) is 8.66. The van der Waals surface area contributed by atoms with E-state index in [9.17, 15) is 9.18 Å². The third kappa shape index (κ3) is 4.94. The molecule has 0 amide bonds. The summed E-state index contributed by atoms with van der Waals surface area (Å²) in [6, 6.07) is 5.85. The van der Waals surface area contributed by atoms with E-state index in [0.29, 0.717) is 12.1 Å². The van der Waals surface area contributed by atoms with Crippen molar-refractivity contribution in [2.45, 2.75) is 6.92 Å². The van der Waals surface area contributed by atoms with Crippen molar-refractivity contribution in [1.82, 2.24) is 15.1 Å². The standard InChI is InChI=1S/C21H26FN3O/c1-5-20(17(3)16(2)14-23-4)25-11-9-24(10-12-25)15-21(26)18-7-6-8-19(22)13-18/h6-8,13-14,23H,1,3,9-12,15H2,2,4H3/b16-14-. The van der Waals surface area contributed by atoms with Crippen LogP contribution in [-0.4, -0.2) is 55.4 Å². The van der Waals surface area contributed by atoms with Crippen LogP contribution in [0.1, 0.15) is 17.3 Å². The Kier molecular flexibility index (Phi) is 6.96. The van der Waals surface area contributed by atoms with Gasteiger partial charge >= 0.3 is 0 Å². The summed E-state index contributed by atoms with van der Waals surface area (Å²) < 4.78 is 13.3. The molecule has 1 aliphatic rings. The normalized spacial score (nSPS) is 15.3. The number of halogens is 1. The van der Waals surface area contributed by atoms with Crippen LogP contribution >= 0.6 is 0 Å². The van der Waals surface area contributed by atoms with E-state index in [2.05, 4.69) is 34.0 Å². The number of nitrogens with zero attached hydrogens (tertiary/aromatic N) is 2. The molecule has 0 radical (unpaired) electrons. The first-order chi connectivity index (χ1) is 12.5. The molecule has 0 spiro atoms. The van der Waals surface area contributed by atoms with Crippen LogP contribution in [0, 0.1) is 5.82 Å². The number of carbonyl (C=O) groups excluding carboxylic acids is 1. The summed E-state index contributed by atoms with van der Waals surface area (Å²) in [6.45, 7) is 13.2. The van der Waals surface area contributed by atoms with Crippen molar-refractivity contribution >= 4 is 5.78 Å². The maximum absolute atomic E-state index is 13.3. The topological polar surface area (TPSA) is 35.6 Å². The van der Waals surface area contributed by atoms with Crippen molar-refractivity contribution in [1.29, 1.82) is 0 Å². The minimum absolute atomic E-state index is 0.0605. The van der Waals surface area contributed by atoms with E-state index >= 15 is 0 Å². The summed E-state index contributed by atoms with van der Waals surface area (Å²) in [5, 5.41) is 3.00. The summed E-state index contributed by atoms with van der Waals surface area (Å²) in [6.07, 6.45) is 1.90. The second-order valence-corrected chi connectivity index (χ2v) is 6.32. The minimum atomic E-state index is -0.384. The van der Waals surface area contributed by atoms with E-state index in [4.69, 9.17) is 0 Å². The van der Waals surface area contributed by atoms with E-state index in [1.165, 1.54) is 12.1 Å². The lowest BCUT2D eigenvalue weighted by Gasteiger charge is -2.37. The van der Waals surface area contributed by atoms with Gasteiger partial charge < -0.3 is 10.2 Å². The average Bonchev–Trinajstić information content (AvgIpc) is 2.63. The molecule has 0 atom stereocenters. The summed E-state index contributed by atoms with van der Waals surface area (Å²) in [5.41, 5.74) is 6.22. The van der Waals surface area contributed by atoms with Gasteiger partial charge in [0.25, 0.3) is 0 Å². The number of ketones is 1. The summed E-state index contributed by atoms with van der Waals surface area (Å²) in [7, 11) is 1.85. The highest BCUT2D eigenvalue weighted by Gasteiger charge is 2.22. The highest BCUT2D eigenvalue weighted by Crippen LogP contribution is 2.21. The van der Waals surface area contributed by atoms with Gasteiger partial charge in [0, 0.05) is 44.4 Å². The van der Waals surface area contributed by atoms with Gasteiger partial charge in [-0.2, -0.15) is 0 Å². The lowest BCUT2D eigenvalue weighted by molar-refractivity contribution is 0.0882. The third-order valence-electron chi connectivity index (χ3n) is 4.49. The fraction of sp³-hybridized carbons (Fsp3) is 0.333. The molecule has 1 aliphatic heterocycles. The molecule has 1 saturated heterocycles. The molecule has 0 aliphatic carbocycles. The Morgan fingerprint density at radius 2 is 2.04 bits per heavy atom. The summed E-state index contributed by atoms with van der Waals surface area (Å²) >= 11 is 0. The molecule has 4 nitrogen and oxygen atoms in total. The highest BCUT2D eigenvalue weighted by atomic mass is 19.1. The molecule has 0 saturated carbocycles. The smallest absolute Gasteiger partial charge is 0.176 e. The predicted molar refractivity (Wildman–Crippen MR) is 103 cm³/mol. The molecule has 5 heteroatoms. The van der Waals surface area contributed by atoms with Gasteiger partial charge in [-0.3, -0.25) is 9.69 Å². The molecule has 0 aromatic heterocycles. The maximum Gasteiger partial charge on any atom is 0.176 e. The molecule has 0 bridgehead atoms. The average molecular weight is 355 g/mol. The molecule has 1 heterocycles. The van der Waals surface area contributed by atoms with Crippen LogP contribution in [0.5, 0.6) is 0 Å². The summed E-state index contributed by atoms with van der Waals surface area (Å²) in [4.78, 5) is 16.6. The van der Waals surface area contributed by atoms with Gasteiger partial charge in [0.05, 0.1) is 12.2 Å². The second-order valence-electron chi connectivity index (χ2n) is 6.32. The van der Waals surface area contributed by atoms with Crippen molar-refractivity contribution in [2.75, 3.05) is 39.8 Å². The van der Waals surface area contributed by atoms with Gasteiger partial charge in [0.1, 0.15) is 5.82 Å². The first kappa shape index (κ1) is 19.7. The predicted octanol–water partition coefficient (Wildman–Crippen LogP) is 2.97. The molecule has 1 N–H and O–H groups in total. The van der Waals surface area contributed by atoms with E-state index < -0.39 is 0 Å². The number of rotatable bonds is 7. The monoisotopic (exact) mass is 355 g/mol. The Balaban J connectivity index is 1.94. The molecule has 1 fully saturated rings. The van der Waals surface area contributed by atoms with Crippen LogP contribution in [0.25, 0.3) is 0 Å². The van der Waals surface area contributed by atoms with Crippen molar-refractivity contribution < 1.29 is 9.18 Å². The fourth-order valence-corrected chi connectivity index (χ4v) is 2.99. The Bertz CT molecular complexity index is 754. The zero-order valence-electron chi connectivity index (χ0n) is 15.5. The number of carbonyl (C=O) groups is 1. The molecular weight excluding hydrogens is 329 g/mol. The molecule has 2 rings (SSSR count). The Morgan fingerprint density at radius 1 is 1.35 bits per heavy atom. The zero-order valence-corrected chi connectivity index (χ0v) is 15.5. The molecule has 1 aromatic rings. The lowest BCUT2D eigenvalue weighted by Crippen LogP contribution is -2.47. The van der Waals surface area contributed by atoms with Crippen LogP contribution in [0.2, 0.25) is 0 Å².